The summed E-state index contributed by atoms with van der Waals surface area (Å²) in [4.78, 5) is 24.0. The molecule has 7 nitrogen and oxygen atoms in total. The lowest BCUT2D eigenvalue weighted by molar-refractivity contribution is -0.137. The van der Waals surface area contributed by atoms with E-state index in [0.29, 0.717) is 13.0 Å². The molecule has 0 bridgehead atoms. The van der Waals surface area contributed by atoms with Crippen LogP contribution in [0.3, 0.4) is 0 Å². The molecule has 1 atom stereocenters. The van der Waals surface area contributed by atoms with Crippen molar-refractivity contribution >= 4 is 40.8 Å². The Morgan fingerprint density at radius 1 is 1.41 bits per heavy atom. The molecule has 12 heteroatoms. The van der Waals surface area contributed by atoms with E-state index in [0.717, 1.165) is 41.3 Å². The van der Waals surface area contributed by atoms with Crippen molar-refractivity contribution in [3.63, 3.8) is 0 Å². The first kappa shape index (κ1) is 19.7. The van der Waals surface area contributed by atoms with Crippen molar-refractivity contribution in [2.75, 3.05) is 12.3 Å². The number of amides is 2. The van der Waals surface area contributed by atoms with Crippen molar-refractivity contribution in [3.05, 3.63) is 22.8 Å². The van der Waals surface area contributed by atoms with Crippen LogP contribution in [0.1, 0.15) is 24.8 Å². The number of halogens is 4. The molecule has 2 aromatic heterocycles. The second kappa shape index (κ2) is 7.93. The second-order valence-corrected chi connectivity index (χ2v) is 7.30. The zero-order chi connectivity index (χ0) is 19.6. The Morgan fingerprint density at radius 2 is 2.19 bits per heavy atom. The molecule has 27 heavy (non-hydrogen) atoms. The molecular weight excluding hydrogens is 407 g/mol. The highest BCUT2D eigenvalue weighted by Gasteiger charge is 2.32. The fourth-order valence-electron chi connectivity index (χ4n) is 2.63. The van der Waals surface area contributed by atoms with Crippen molar-refractivity contribution in [2.45, 2.75) is 36.6 Å². The number of fused-ring (bicyclic) bond motifs is 1. The van der Waals surface area contributed by atoms with E-state index < -0.39 is 23.7 Å². The Kier molecular flexibility index (Phi) is 5.80. The van der Waals surface area contributed by atoms with E-state index in [1.165, 1.54) is 0 Å². The number of carbonyl (C=O) groups excluding carboxylic acids is 2. The Morgan fingerprint density at radius 3 is 2.93 bits per heavy atom. The minimum Gasteiger partial charge on any atom is -0.354 e. The number of nitrogens with zero attached hydrogens (tertiary/aromatic N) is 3. The zero-order valence-electron chi connectivity index (χ0n) is 13.8. The van der Waals surface area contributed by atoms with E-state index in [-0.39, 0.29) is 27.5 Å². The first-order valence-electron chi connectivity index (χ1n) is 8.07. The molecule has 0 spiro atoms. The Labute approximate surface area is 161 Å². The molecule has 146 valence electrons. The summed E-state index contributed by atoms with van der Waals surface area (Å²) in [6, 6.07) is 0.166. The monoisotopic (exact) mass is 421 g/mol. The smallest absolute Gasteiger partial charge is 0.354 e. The Hall–Kier alpha value is -2.01. The van der Waals surface area contributed by atoms with Crippen LogP contribution in [0.2, 0.25) is 5.02 Å². The standard InChI is InChI=1S/C15H15ClF3N5O2S/c16-9-5-8(15(17,18)19)6-24-12(9)22-23-14(24)27-7-11(25)21-10-3-1-2-4-20-13(10)26/h5-6,10H,1-4,7H2,(H,20,26)(H,21,25)/t10-/m0/s1. The summed E-state index contributed by atoms with van der Waals surface area (Å²) in [5, 5.41) is 12.8. The maximum absolute atomic E-state index is 13.0. The number of aromatic nitrogens is 3. The molecule has 0 saturated carbocycles. The van der Waals surface area contributed by atoms with Crippen LogP contribution in [0, 0.1) is 0 Å². The summed E-state index contributed by atoms with van der Waals surface area (Å²) in [5.41, 5.74) is -0.878. The third kappa shape index (κ3) is 4.64. The van der Waals surface area contributed by atoms with Crippen LogP contribution in [-0.4, -0.2) is 44.8 Å². The number of hydrogen-bond acceptors (Lipinski definition) is 5. The first-order chi connectivity index (χ1) is 12.8. The van der Waals surface area contributed by atoms with Crippen molar-refractivity contribution in [1.82, 2.24) is 25.2 Å². The van der Waals surface area contributed by atoms with Gasteiger partial charge in [-0.25, -0.2) is 0 Å². The van der Waals surface area contributed by atoms with Gasteiger partial charge in [-0.2, -0.15) is 13.2 Å². The zero-order valence-corrected chi connectivity index (χ0v) is 15.4. The molecule has 0 radical (unpaired) electrons. The summed E-state index contributed by atoms with van der Waals surface area (Å²) >= 11 is 6.76. The van der Waals surface area contributed by atoms with Gasteiger partial charge in [0, 0.05) is 12.7 Å². The Balaban J connectivity index is 1.70. The van der Waals surface area contributed by atoms with Crippen LogP contribution in [0.4, 0.5) is 13.2 Å². The summed E-state index contributed by atoms with van der Waals surface area (Å²) in [5.74, 6) is -0.782. The highest BCUT2D eigenvalue weighted by molar-refractivity contribution is 7.99. The average molecular weight is 422 g/mol. The summed E-state index contributed by atoms with van der Waals surface area (Å²) in [6.45, 7) is 0.577. The minimum absolute atomic E-state index is 0.0655. The van der Waals surface area contributed by atoms with Gasteiger partial charge in [0.05, 0.1) is 16.3 Å². The first-order valence-corrected chi connectivity index (χ1v) is 9.43. The van der Waals surface area contributed by atoms with Crippen molar-refractivity contribution < 1.29 is 22.8 Å². The van der Waals surface area contributed by atoms with Gasteiger partial charge >= 0.3 is 6.18 Å². The van der Waals surface area contributed by atoms with Gasteiger partial charge in [-0.15, -0.1) is 10.2 Å². The van der Waals surface area contributed by atoms with Gasteiger partial charge in [-0.1, -0.05) is 23.4 Å². The lowest BCUT2D eigenvalue weighted by atomic mass is 10.1. The van der Waals surface area contributed by atoms with Crippen LogP contribution in [-0.2, 0) is 15.8 Å². The van der Waals surface area contributed by atoms with Gasteiger partial charge in [0.1, 0.15) is 6.04 Å². The lowest BCUT2D eigenvalue weighted by Crippen LogP contribution is -2.46. The number of thioether (sulfide) groups is 1. The van der Waals surface area contributed by atoms with E-state index in [1.54, 1.807) is 0 Å². The van der Waals surface area contributed by atoms with Gasteiger partial charge in [0.2, 0.25) is 11.8 Å². The van der Waals surface area contributed by atoms with Gasteiger partial charge in [-0.05, 0) is 25.3 Å². The van der Waals surface area contributed by atoms with Crippen molar-refractivity contribution in [2.24, 2.45) is 0 Å². The van der Waals surface area contributed by atoms with Crippen molar-refractivity contribution in [1.29, 1.82) is 0 Å². The molecule has 1 aliphatic rings. The molecule has 3 heterocycles. The normalized spacial score (nSPS) is 18.2. The van der Waals surface area contributed by atoms with Crippen molar-refractivity contribution in [3.8, 4) is 0 Å². The Bertz CT molecular complexity index is 873. The molecule has 2 amide bonds. The molecule has 0 aliphatic carbocycles. The SMILES string of the molecule is O=C(CSc1nnc2c(Cl)cc(C(F)(F)F)cn12)N[C@H]1CCCCNC1=O. The van der Waals surface area contributed by atoms with E-state index in [4.69, 9.17) is 11.6 Å². The minimum atomic E-state index is -4.58. The van der Waals surface area contributed by atoms with Crippen LogP contribution >= 0.6 is 23.4 Å². The molecule has 1 saturated heterocycles. The second-order valence-electron chi connectivity index (χ2n) is 5.95. The molecule has 1 fully saturated rings. The number of carbonyl (C=O) groups is 2. The molecule has 2 aromatic rings. The lowest BCUT2D eigenvalue weighted by Gasteiger charge is -2.14. The molecule has 0 unspecified atom stereocenters. The van der Waals surface area contributed by atoms with Crippen LogP contribution < -0.4 is 10.6 Å². The number of rotatable bonds is 4. The van der Waals surface area contributed by atoms with Crippen LogP contribution in [0.15, 0.2) is 17.4 Å². The fourth-order valence-corrected chi connectivity index (χ4v) is 3.60. The van der Waals surface area contributed by atoms with E-state index in [9.17, 15) is 22.8 Å². The highest BCUT2D eigenvalue weighted by atomic mass is 35.5. The molecule has 1 aliphatic heterocycles. The number of pyridine rings is 1. The third-order valence-corrected chi connectivity index (χ3v) is 5.18. The topological polar surface area (TPSA) is 88.4 Å². The van der Waals surface area contributed by atoms with E-state index >= 15 is 0 Å². The van der Waals surface area contributed by atoms with Gasteiger partial charge in [0.15, 0.2) is 10.8 Å². The number of nitrogens with one attached hydrogen (secondary N) is 2. The number of hydrogen-bond donors (Lipinski definition) is 2. The third-order valence-electron chi connectivity index (χ3n) is 3.96. The predicted octanol–water partition coefficient (Wildman–Crippen LogP) is 2.28. The summed E-state index contributed by atoms with van der Waals surface area (Å²) in [6.07, 6.45) is -1.54. The van der Waals surface area contributed by atoms with Gasteiger partial charge in [0.25, 0.3) is 0 Å². The highest BCUT2D eigenvalue weighted by Crippen LogP contribution is 2.33. The maximum atomic E-state index is 13.0. The van der Waals surface area contributed by atoms with Crippen LogP contribution in [0.5, 0.6) is 0 Å². The van der Waals surface area contributed by atoms with Gasteiger partial charge in [-0.3, -0.25) is 14.0 Å². The number of alkyl halides is 3. The van der Waals surface area contributed by atoms with Crippen LogP contribution in [0.25, 0.3) is 5.65 Å². The summed E-state index contributed by atoms with van der Waals surface area (Å²) in [7, 11) is 0. The predicted molar refractivity (Wildman–Crippen MR) is 92.5 cm³/mol. The van der Waals surface area contributed by atoms with Gasteiger partial charge < -0.3 is 10.6 Å². The maximum Gasteiger partial charge on any atom is 0.417 e. The van der Waals surface area contributed by atoms with E-state index in [1.807, 2.05) is 0 Å². The molecule has 3 rings (SSSR count). The largest absolute Gasteiger partial charge is 0.417 e. The molecule has 2 N–H and O–H groups in total. The quantitative estimate of drug-likeness (QED) is 0.739. The summed E-state index contributed by atoms with van der Waals surface area (Å²) < 4.78 is 40.0. The molecule has 0 aromatic carbocycles. The average Bonchev–Trinajstić information content (AvgIpc) is 2.91. The molecular formula is C15H15ClF3N5O2S. The fraction of sp³-hybridized carbons (Fsp3) is 0.467. The van der Waals surface area contributed by atoms with E-state index in [2.05, 4.69) is 20.8 Å².